The van der Waals surface area contributed by atoms with Gasteiger partial charge in [-0.25, -0.2) is 0 Å². The molecule has 24 heavy (non-hydrogen) atoms. The number of ether oxygens (including phenoxy) is 1. The number of amidine groups is 1. The van der Waals surface area contributed by atoms with Crippen molar-refractivity contribution in [3.05, 3.63) is 29.8 Å². The van der Waals surface area contributed by atoms with E-state index < -0.39 is 0 Å². The maximum atomic E-state index is 8.58. The standard InChI is InChI=1S/C18H26N4OS/c1-24-18(21-15-19)20-9-6-12-23-17-8-5-7-16(13-17)14-22-10-3-2-4-11-22/h5,7-8,13H,2-4,6,9-12,14H2,1H3,(H,20,21). The van der Waals surface area contributed by atoms with E-state index in [0.717, 1.165) is 18.7 Å². The number of piperidine rings is 1. The maximum absolute atomic E-state index is 8.58. The van der Waals surface area contributed by atoms with E-state index in [4.69, 9.17) is 10.00 Å². The van der Waals surface area contributed by atoms with Gasteiger partial charge < -0.3 is 4.74 Å². The van der Waals surface area contributed by atoms with Crippen LogP contribution in [0.3, 0.4) is 0 Å². The number of nitrogens with one attached hydrogen (secondary N) is 1. The molecule has 0 aromatic heterocycles. The first-order valence-corrected chi connectivity index (χ1v) is 9.72. The van der Waals surface area contributed by atoms with Gasteiger partial charge >= 0.3 is 0 Å². The van der Waals surface area contributed by atoms with Crippen molar-refractivity contribution in [1.29, 1.82) is 5.26 Å². The van der Waals surface area contributed by atoms with Crippen LogP contribution < -0.4 is 10.1 Å². The minimum atomic E-state index is 0.630. The van der Waals surface area contributed by atoms with E-state index in [9.17, 15) is 0 Å². The summed E-state index contributed by atoms with van der Waals surface area (Å²) in [5, 5.41) is 11.8. The number of hydrogen-bond donors (Lipinski definition) is 1. The number of thioether (sulfide) groups is 1. The van der Waals surface area contributed by atoms with Crippen LogP contribution in [-0.2, 0) is 6.54 Å². The second kappa shape index (κ2) is 11.0. The molecular formula is C18H26N4OS. The lowest BCUT2D eigenvalue weighted by atomic mass is 10.1. The molecule has 1 aromatic rings. The second-order valence-corrected chi connectivity index (χ2v) is 6.61. The SMILES string of the molecule is CSC(=NCCCOc1cccc(CN2CCCCC2)c1)NC#N. The highest BCUT2D eigenvalue weighted by molar-refractivity contribution is 8.13. The van der Waals surface area contributed by atoms with Crippen LogP contribution in [0.1, 0.15) is 31.2 Å². The summed E-state index contributed by atoms with van der Waals surface area (Å²) in [5.74, 6) is 0.925. The van der Waals surface area contributed by atoms with Crippen molar-refractivity contribution >= 4 is 16.9 Å². The summed E-state index contributed by atoms with van der Waals surface area (Å²) >= 11 is 1.44. The summed E-state index contributed by atoms with van der Waals surface area (Å²) in [7, 11) is 0. The number of likely N-dealkylation sites (tertiary alicyclic amines) is 1. The van der Waals surface area contributed by atoms with Crippen LogP contribution in [0.4, 0.5) is 0 Å². The molecular weight excluding hydrogens is 320 g/mol. The molecule has 5 nitrogen and oxygen atoms in total. The molecule has 0 spiro atoms. The summed E-state index contributed by atoms with van der Waals surface area (Å²) < 4.78 is 5.83. The number of hydrogen-bond acceptors (Lipinski definition) is 5. The van der Waals surface area contributed by atoms with Crippen molar-refractivity contribution in [1.82, 2.24) is 10.2 Å². The monoisotopic (exact) mass is 346 g/mol. The van der Waals surface area contributed by atoms with Gasteiger partial charge in [0, 0.05) is 19.5 Å². The quantitative estimate of drug-likeness (QED) is 0.270. The Morgan fingerprint density at radius 3 is 2.96 bits per heavy atom. The fourth-order valence-corrected chi connectivity index (χ4v) is 3.12. The molecule has 6 heteroatoms. The molecule has 1 aliphatic rings. The molecule has 130 valence electrons. The summed E-state index contributed by atoms with van der Waals surface area (Å²) in [6.07, 6.45) is 8.61. The summed E-state index contributed by atoms with van der Waals surface area (Å²) in [4.78, 5) is 6.83. The van der Waals surface area contributed by atoms with Crippen molar-refractivity contribution in [2.75, 3.05) is 32.5 Å². The van der Waals surface area contributed by atoms with Crippen molar-refractivity contribution < 1.29 is 4.74 Å². The van der Waals surface area contributed by atoms with E-state index >= 15 is 0 Å². The van der Waals surface area contributed by atoms with Gasteiger partial charge in [-0.15, -0.1) is 0 Å². The van der Waals surface area contributed by atoms with Crippen LogP contribution in [0.25, 0.3) is 0 Å². The van der Waals surface area contributed by atoms with E-state index in [1.54, 1.807) is 0 Å². The van der Waals surface area contributed by atoms with Gasteiger partial charge in [-0.2, -0.15) is 5.26 Å². The average Bonchev–Trinajstić information content (AvgIpc) is 2.62. The van der Waals surface area contributed by atoms with Gasteiger partial charge in [0.2, 0.25) is 0 Å². The molecule has 0 aliphatic carbocycles. The lowest BCUT2D eigenvalue weighted by Crippen LogP contribution is -2.29. The van der Waals surface area contributed by atoms with Gasteiger partial charge in [-0.1, -0.05) is 30.3 Å². The molecule has 1 aromatic carbocycles. The van der Waals surface area contributed by atoms with Crippen molar-refractivity contribution in [2.24, 2.45) is 4.99 Å². The summed E-state index contributed by atoms with van der Waals surface area (Å²) in [6, 6.07) is 8.38. The van der Waals surface area contributed by atoms with Gasteiger partial charge in [0.15, 0.2) is 11.4 Å². The first-order valence-electron chi connectivity index (χ1n) is 8.49. The Bertz CT molecular complexity index is 564. The van der Waals surface area contributed by atoms with Crippen molar-refractivity contribution in [3.63, 3.8) is 0 Å². The molecule has 0 amide bonds. The van der Waals surface area contributed by atoms with Gasteiger partial charge in [-0.05, 0) is 49.9 Å². The highest BCUT2D eigenvalue weighted by Gasteiger charge is 2.10. The van der Waals surface area contributed by atoms with Crippen LogP contribution >= 0.6 is 11.8 Å². The third kappa shape index (κ3) is 6.81. The molecule has 0 unspecified atom stereocenters. The van der Waals surface area contributed by atoms with Gasteiger partial charge in [0.25, 0.3) is 0 Å². The number of aliphatic imine (C=N–C) groups is 1. The van der Waals surface area contributed by atoms with Gasteiger partial charge in [0.05, 0.1) is 6.61 Å². The number of nitrogens with zero attached hydrogens (tertiary/aromatic N) is 3. The van der Waals surface area contributed by atoms with Crippen LogP contribution in [0.2, 0.25) is 0 Å². The first kappa shape index (κ1) is 18.6. The molecule has 1 heterocycles. The molecule has 0 radical (unpaired) electrons. The lowest BCUT2D eigenvalue weighted by molar-refractivity contribution is 0.220. The van der Waals surface area contributed by atoms with Crippen molar-refractivity contribution in [2.45, 2.75) is 32.2 Å². The van der Waals surface area contributed by atoms with E-state index in [1.807, 2.05) is 18.5 Å². The summed E-state index contributed by atoms with van der Waals surface area (Å²) in [6.45, 7) is 4.71. The Balaban J connectivity index is 1.73. The zero-order valence-electron chi connectivity index (χ0n) is 14.3. The minimum Gasteiger partial charge on any atom is -0.494 e. The molecule has 0 atom stereocenters. The molecule has 0 bridgehead atoms. The molecule has 1 N–H and O–H groups in total. The Kier molecular flexibility index (Phi) is 8.50. The van der Waals surface area contributed by atoms with Crippen LogP contribution in [0.15, 0.2) is 29.3 Å². The third-order valence-electron chi connectivity index (χ3n) is 3.94. The average molecular weight is 347 g/mol. The highest BCUT2D eigenvalue weighted by atomic mass is 32.2. The second-order valence-electron chi connectivity index (χ2n) is 5.81. The Morgan fingerprint density at radius 1 is 1.38 bits per heavy atom. The van der Waals surface area contributed by atoms with Crippen LogP contribution in [0.5, 0.6) is 5.75 Å². The first-order chi connectivity index (χ1) is 11.8. The zero-order valence-corrected chi connectivity index (χ0v) is 15.1. The van der Waals surface area contributed by atoms with E-state index in [2.05, 4.69) is 33.4 Å². The largest absolute Gasteiger partial charge is 0.494 e. The highest BCUT2D eigenvalue weighted by Crippen LogP contribution is 2.17. The molecule has 0 saturated carbocycles. The molecule has 1 aliphatic heterocycles. The predicted octanol–water partition coefficient (Wildman–Crippen LogP) is 3.23. The lowest BCUT2D eigenvalue weighted by Gasteiger charge is -2.26. The van der Waals surface area contributed by atoms with E-state index in [0.29, 0.717) is 18.3 Å². The molecule has 2 rings (SSSR count). The Morgan fingerprint density at radius 2 is 2.21 bits per heavy atom. The van der Waals surface area contributed by atoms with Gasteiger partial charge in [0.1, 0.15) is 5.75 Å². The van der Waals surface area contributed by atoms with Crippen molar-refractivity contribution in [3.8, 4) is 11.9 Å². The fourth-order valence-electron chi connectivity index (χ4n) is 2.75. The topological polar surface area (TPSA) is 60.6 Å². The maximum Gasteiger partial charge on any atom is 0.183 e. The minimum absolute atomic E-state index is 0.630. The van der Waals surface area contributed by atoms with Crippen LogP contribution in [-0.4, -0.2) is 42.6 Å². The number of benzene rings is 1. The van der Waals surface area contributed by atoms with Gasteiger partial charge in [-0.3, -0.25) is 15.2 Å². The number of nitriles is 1. The third-order valence-corrected chi connectivity index (χ3v) is 4.55. The fraction of sp³-hybridized carbons (Fsp3) is 0.556. The van der Waals surface area contributed by atoms with E-state index in [-0.39, 0.29) is 0 Å². The predicted molar refractivity (Wildman–Crippen MR) is 100 cm³/mol. The molecule has 1 fully saturated rings. The smallest absolute Gasteiger partial charge is 0.183 e. The van der Waals surface area contributed by atoms with Crippen LogP contribution in [0, 0.1) is 11.5 Å². The molecule has 1 saturated heterocycles. The zero-order chi connectivity index (χ0) is 17.0. The number of rotatable bonds is 7. The summed E-state index contributed by atoms with van der Waals surface area (Å²) in [5.41, 5.74) is 1.32. The Labute approximate surface area is 149 Å². The van der Waals surface area contributed by atoms with E-state index in [1.165, 1.54) is 49.7 Å². The normalized spacial score (nSPS) is 15.8. The Hall–Kier alpha value is -1.71.